The molecule has 3 rings (SSSR count). The number of thiazole rings is 1. The molecule has 0 aliphatic heterocycles. The molecule has 0 unspecified atom stereocenters. The molecule has 3 aromatic rings. The first kappa shape index (κ1) is 13.7. The minimum Gasteiger partial charge on any atom is -0.376 e. The maximum atomic E-state index is 12.2. The van der Waals surface area contributed by atoms with Crippen molar-refractivity contribution in [2.24, 2.45) is 5.73 Å². The Bertz CT molecular complexity index is 899. The average molecular weight is 317 g/mol. The van der Waals surface area contributed by atoms with Crippen LogP contribution in [0.2, 0.25) is 0 Å². The normalized spacial score (nSPS) is 10.7. The van der Waals surface area contributed by atoms with Crippen molar-refractivity contribution < 1.29 is 0 Å². The summed E-state index contributed by atoms with van der Waals surface area (Å²) in [6, 6.07) is 7.20. The van der Waals surface area contributed by atoms with Crippen LogP contribution in [0.5, 0.6) is 0 Å². The maximum absolute atomic E-state index is 12.2. The molecule has 106 valence electrons. The fourth-order valence-electron chi connectivity index (χ4n) is 1.97. The zero-order valence-corrected chi connectivity index (χ0v) is 12.7. The second-order valence-corrected chi connectivity index (χ2v) is 5.65. The zero-order valence-electron chi connectivity index (χ0n) is 11.0. The van der Waals surface area contributed by atoms with Gasteiger partial charge in [0.05, 0.1) is 5.69 Å². The van der Waals surface area contributed by atoms with E-state index in [9.17, 15) is 4.79 Å². The minimum atomic E-state index is -0.381. The summed E-state index contributed by atoms with van der Waals surface area (Å²) in [4.78, 5) is 16.8. The van der Waals surface area contributed by atoms with Crippen LogP contribution in [0, 0.1) is 6.92 Å². The highest BCUT2D eigenvalue weighted by Crippen LogP contribution is 2.24. The summed E-state index contributed by atoms with van der Waals surface area (Å²) < 4.78 is 1.65. The van der Waals surface area contributed by atoms with Gasteiger partial charge in [-0.3, -0.25) is 4.79 Å². The fourth-order valence-corrected chi connectivity index (χ4v) is 2.87. The Morgan fingerprint density at radius 2 is 2.19 bits per heavy atom. The molecule has 0 saturated heterocycles. The summed E-state index contributed by atoms with van der Waals surface area (Å²) in [5, 5.41) is 9.28. The van der Waals surface area contributed by atoms with E-state index in [0.717, 1.165) is 5.69 Å². The monoisotopic (exact) mass is 317 g/mol. The summed E-state index contributed by atoms with van der Waals surface area (Å²) in [5.41, 5.74) is 7.55. The maximum Gasteiger partial charge on any atom is 0.300 e. The molecular weight excluding hydrogens is 306 g/mol. The van der Waals surface area contributed by atoms with Gasteiger partial charge in [-0.15, -0.1) is 11.3 Å². The van der Waals surface area contributed by atoms with E-state index in [1.54, 1.807) is 16.6 Å². The highest BCUT2D eigenvalue weighted by molar-refractivity contribution is 7.80. The second-order valence-electron chi connectivity index (χ2n) is 4.37. The van der Waals surface area contributed by atoms with Crippen LogP contribution in [0.1, 0.15) is 5.69 Å². The SMILES string of the molecule is Cc1csc2nc(=O)c(-c3ccccc3NC(N)=S)nn12. The number of thiocarbonyl (C=S) groups is 1. The van der Waals surface area contributed by atoms with Gasteiger partial charge in [-0.2, -0.15) is 10.1 Å². The van der Waals surface area contributed by atoms with Crippen LogP contribution in [-0.4, -0.2) is 19.7 Å². The highest BCUT2D eigenvalue weighted by atomic mass is 32.1. The number of hydrogen-bond donors (Lipinski definition) is 2. The van der Waals surface area contributed by atoms with E-state index < -0.39 is 0 Å². The van der Waals surface area contributed by atoms with Crippen LogP contribution in [-0.2, 0) is 0 Å². The molecule has 0 spiro atoms. The highest BCUT2D eigenvalue weighted by Gasteiger charge is 2.14. The first-order valence-corrected chi connectivity index (χ1v) is 7.36. The fraction of sp³-hybridized carbons (Fsp3) is 0.0769. The third-order valence-electron chi connectivity index (χ3n) is 2.89. The number of benzene rings is 1. The Labute approximate surface area is 129 Å². The van der Waals surface area contributed by atoms with E-state index >= 15 is 0 Å². The van der Waals surface area contributed by atoms with Crippen molar-refractivity contribution in [3.63, 3.8) is 0 Å². The number of nitrogens with one attached hydrogen (secondary N) is 1. The van der Waals surface area contributed by atoms with Crippen LogP contribution < -0.4 is 16.6 Å². The summed E-state index contributed by atoms with van der Waals surface area (Å²) in [6.45, 7) is 1.91. The van der Waals surface area contributed by atoms with Crippen LogP contribution in [0.25, 0.3) is 16.2 Å². The Hall–Kier alpha value is -2.32. The summed E-state index contributed by atoms with van der Waals surface area (Å²) in [5.74, 6) is 0. The topological polar surface area (TPSA) is 85.3 Å². The number of rotatable bonds is 2. The number of nitrogens with zero attached hydrogens (tertiary/aromatic N) is 3. The van der Waals surface area contributed by atoms with Crippen molar-refractivity contribution in [1.29, 1.82) is 0 Å². The van der Waals surface area contributed by atoms with Crippen LogP contribution in [0.4, 0.5) is 5.69 Å². The van der Waals surface area contributed by atoms with Gasteiger partial charge in [0, 0.05) is 16.6 Å². The van der Waals surface area contributed by atoms with Gasteiger partial charge in [-0.25, -0.2) is 4.52 Å². The summed E-state index contributed by atoms with van der Waals surface area (Å²) in [6.07, 6.45) is 0. The number of aromatic nitrogens is 3. The standard InChI is InChI=1S/C13H11N5OS2/c1-7-6-21-13-16-11(19)10(17-18(7)13)8-4-2-3-5-9(8)15-12(14)20/h2-6H,1H3,(H3,14,15,20). The molecule has 0 saturated carbocycles. The lowest BCUT2D eigenvalue weighted by Crippen LogP contribution is -2.21. The molecular formula is C13H11N5OS2. The third kappa shape index (κ3) is 2.50. The quantitative estimate of drug-likeness (QED) is 0.701. The van der Waals surface area contributed by atoms with E-state index in [4.69, 9.17) is 18.0 Å². The molecule has 2 heterocycles. The van der Waals surface area contributed by atoms with Gasteiger partial charge in [-0.1, -0.05) is 18.2 Å². The first-order valence-electron chi connectivity index (χ1n) is 6.07. The van der Waals surface area contributed by atoms with Gasteiger partial charge in [0.2, 0.25) is 4.96 Å². The van der Waals surface area contributed by atoms with E-state index in [2.05, 4.69) is 15.4 Å². The van der Waals surface area contributed by atoms with Crippen molar-refractivity contribution >= 4 is 39.3 Å². The molecule has 0 bridgehead atoms. The molecule has 0 aliphatic carbocycles. The zero-order chi connectivity index (χ0) is 15.0. The number of fused-ring (bicyclic) bond motifs is 1. The predicted molar refractivity (Wildman–Crippen MR) is 87.7 cm³/mol. The summed E-state index contributed by atoms with van der Waals surface area (Å²) >= 11 is 6.23. The lowest BCUT2D eigenvalue weighted by atomic mass is 10.1. The molecule has 0 amide bonds. The van der Waals surface area contributed by atoms with E-state index in [1.807, 2.05) is 24.4 Å². The molecule has 21 heavy (non-hydrogen) atoms. The average Bonchev–Trinajstić information content (AvgIpc) is 2.79. The predicted octanol–water partition coefficient (Wildman–Crippen LogP) is 1.78. The van der Waals surface area contributed by atoms with E-state index in [1.165, 1.54) is 11.3 Å². The van der Waals surface area contributed by atoms with E-state index in [-0.39, 0.29) is 16.4 Å². The number of anilines is 1. The molecule has 3 N–H and O–H groups in total. The largest absolute Gasteiger partial charge is 0.376 e. The van der Waals surface area contributed by atoms with Crippen LogP contribution in [0.3, 0.4) is 0 Å². The Morgan fingerprint density at radius 3 is 2.95 bits per heavy atom. The molecule has 6 nitrogen and oxygen atoms in total. The first-order chi connectivity index (χ1) is 10.1. The van der Waals surface area contributed by atoms with Gasteiger partial charge in [-0.05, 0) is 25.2 Å². The lowest BCUT2D eigenvalue weighted by Gasteiger charge is -2.09. The van der Waals surface area contributed by atoms with E-state index in [0.29, 0.717) is 16.2 Å². The molecule has 0 radical (unpaired) electrons. The minimum absolute atomic E-state index is 0.128. The van der Waals surface area contributed by atoms with Crippen molar-refractivity contribution in [2.45, 2.75) is 6.92 Å². The molecule has 1 aromatic carbocycles. The number of aryl methyl sites for hydroxylation is 1. The molecule has 0 aliphatic rings. The number of hydrogen-bond acceptors (Lipinski definition) is 5. The second kappa shape index (κ2) is 5.23. The van der Waals surface area contributed by atoms with Crippen molar-refractivity contribution in [3.05, 3.63) is 45.7 Å². The van der Waals surface area contributed by atoms with Crippen LogP contribution >= 0.6 is 23.6 Å². The molecule has 8 heteroatoms. The molecule has 0 atom stereocenters. The number of para-hydroxylation sites is 1. The van der Waals surface area contributed by atoms with Gasteiger partial charge in [0.25, 0.3) is 0 Å². The Balaban J connectivity index is 2.25. The molecule has 0 fully saturated rings. The van der Waals surface area contributed by atoms with Gasteiger partial charge < -0.3 is 11.1 Å². The van der Waals surface area contributed by atoms with Gasteiger partial charge in [0.1, 0.15) is 0 Å². The number of nitrogens with two attached hydrogens (primary N) is 1. The summed E-state index contributed by atoms with van der Waals surface area (Å²) in [7, 11) is 0. The third-order valence-corrected chi connectivity index (χ3v) is 3.93. The Kier molecular flexibility index (Phi) is 3.40. The Morgan fingerprint density at radius 1 is 1.43 bits per heavy atom. The van der Waals surface area contributed by atoms with Gasteiger partial charge >= 0.3 is 5.56 Å². The molecule has 2 aromatic heterocycles. The smallest absolute Gasteiger partial charge is 0.300 e. The van der Waals surface area contributed by atoms with Gasteiger partial charge in [0.15, 0.2) is 10.8 Å². The van der Waals surface area contributed by atoms with Crippen LogP contribution in [0.15, 0.2) is 34.4 Å². The lowest BCUT2D eigenvalue weighted by molar-refractivity contribution is 0.874. The van der Waals surface area contributed by atoms with Crippen molar-refractivity contribution in [3.8, 4) is 11.3 Å². The van der Waals surface area contributed by atoms with Crippen molar-refractivity contribution in [2.75, 3.05) is 5.32 Å². The van der Waals surface area contributed by atoms with Crippen molar-refractivity contribution in [1.82, 2.24) is 14.6 Å².